The molecule has 0 amide bonds. The van der Waals surface area contributed by atoms with Crippen molar-refractivity contribution in [3.8, 4) is 11.5 Å². The van der Waals surface area contributed by atoms with Gasteiger partial charge in [0.2, 0.25) is 0 Å². The molecule has 0 saturated carbocycles. The van der Waals surface area contributed by atoms with Crippen molar-refractivity contribution >= 4 is 32.4 Å². The molecule has 12 heteroatoms. The van der Waals surface area contributed by atoms with E-state index in [9.17, 15) is 27.0 Å². The van der Waals surface area contributed by atoms with Gasteiger partial charge in [-0.2, -0.15) is 0 Å². The molecule has 0 spiro atoms. The van der Waals surface area contributed by atoms with Crippen LogP contribution in [0.25, 0.3) is 0 Å². The Labute approximate surface area is 225 Å². The maximum Gasteiger partial charge on any atom is 0.257 e. The molecule has 0 bridgehead atoms. The van der Waals surface area contributed by atoms with Crippen molar-refractivity contribution in [1.29, 1.82) is 0 Å². The lowest BCUT2D eigenvalue weighted by Gasteiger charge is -2.26. The number of thiol groups is 1. The van der Waals surface area contributed by atoms with Gasteiger partial charge in [-0.05, 0) is 48.2 Å². The molecule has 0 heterocycles. The Kier molecular flexibility index (Phi) is 12.6. The van der Waals surface area contributed by atoms with Gasteiger partial charge < -0.3 is 19.7 Å². The summed E-state index contributed by atoms with van der Waals surface area (Å²) in [5.74, 6) is 0.630. The number of hydrogen-bond donors (Lipinski definition) is 3. The first-order chi connectivity index (χ1) is 17.4. The molecule has 0 aliphatic rings. The van der Waals surface area contributed by atoms with Gasteiger partial charge in [-0.25, -0.2) is 16.8 Å². The van der Waals surface area contributed by atoms with Crippen LogP contribution >= 0.6 is 11.6 Å². The third-order valence-electron chi connectivity index (χ3n) is 5.71. The zero-order chi connectivity index (χ0) is 27.5. The Morgan fingerprint density at radius 2 is 1.35 bits per heavy atom. The van der Waals surface area contributed by atoms with Gasteiger partial charge in [0, 0.05) is 5.41 Å². The number of rotatable bonds is 17. The molecule has 2 atom stereocenters. The average Bonchev–Trinajstić information content (AvgIpc) is 2.85. The fourth-order valence-corrected chi connectivity index (χ4v) is 5.38. The highest BCUT2D eigenvalue weighted by Gasteiger charge is 2.23. The van der Waals surface area contributed by atoms with Gasteiger partial charge in [-0.1, -0.05) is 38.1 Å². The minimum Gasteiger partial charge on any atom is -0.491 e. The van der Waals surface area contributed by atoms with E-state index in [0.717, 1.165) is 11.1 Å². The highest BCUT2D eigenvalue weighted by Crippen LogP contribution is 2.33. The number of benzene rings is 2. The van der Waals surface area contributed by atoms with E-state index in [1.807, 2.05) is 36.4 Å². The molecule has 0 aliphatic heterocycles. The zero-order valence-electron chi connectivity index (χ0n) is 20.9. The molecule has 0 aliphatic carbocycles. The normalized spacial score (nSPS) is 13.9. The molecule has 0 fully saturated rings. The van der Waals surface area contributed by atoms with Crippen molar-refractivity contribution in [1.82, 2.24) is 0 Å². The number of alkyl halides is 1. The van der Waals surface area contributed by atoms with Crippen molar-refractivity contribution in [3.05, 3.63) is 59.7 Å². The largest absolute Gasteiger partial charge is 0.491 e. The number of aliphatic hydroxyl groups is 2. The minimum atomic E-state index is -3.52. The summed E-state index contributed by atoms with van der Waals surface area (Å²) >= 11 is 5.58. The van der Waals surface area contributed by atoms with Crippen LogP contribution in [0.2, 0.25) is 0 Å². The Morgan fingerprint density at radius 1 is 0.865 bits per heavy atom. The summed E-state index contributed by atoms with van der Waals surface area (Å²) in [7, 11) is -6.45. The summed E-state index contributed by atoms with van der Waals surface area (Å²) < 4.78 is 60.4. The molecule has 2 aromatic rings. The lowest BCUT2D eigenvalue weighted by molar-refractivity contribution is 0.125. The van der Waals surface area contributed by atoms with Gasteiger partial charge in [0.1, 0.15) is 36.9 Å². The predicted octanol–water partition coefficient (Wildman–Crippen LogP) is 2.47. The van der Waals surface area contributed by atoms with Crippen molar-refractivity contribution in [2.75, 3.05) is 37.2 Å². The third-order valence-corrected chi connectivity index (χ3v) is 8.26. The summed E-state index contributed by atoms with van der Waals surface area (Å²) in [6, 6.07) is 15.0. The van der Waals surface area contributed by atoms with E-state index >= 15 is 0 Å². The van der Waals surface area contributed by atoms with Crippen LogP contribution in [0.1, 0.15) is 37.8 Å². The number of unbranched alkanes of at least 4 members (excludes halogenated alkanes) is 1. The van der Waals surface area contributed by atoms with E-state index in [4.69, 9.17) is 21.1 Å². The number of halogens is 1. The van der Waals surface area contributed by atoms with E-state index in [-0.39, 0.29) is 49.7 Å². The standard InChI is InChI=1S/C25H35ClO9S2/c1-25(2,19-5-9-23(10-6-19)33-16-21(27)15-26)20-7-11-24(12-8-20)34-17-22(28)18-37(31,32)14-4-3-13-35-36(29)30/h5-12,21-22,27-28,36H,3-4,13-18H2,1-2H3. The van der Waals surface area contributed by atoms with Crippen LogP contribution in [0, 0.1) is 0 Å². The number of ether oxygens (including phenoxy) is 2. The van der Waals surface area contributed by atoms with Crippen LogP contribution in [-0.4, -0.2) is 76.5 Å². The summed E-state index contributed by atoms with van der Waals surface area (Å²) in [4.78, 5) is 0. The monoisotopic (exact) mass is 578 g/mol. The van der Waals surface area contributed by atoms with Crippen LogP contribution in [0.3, 0.4) is 0 Å². The second-order valence-electron chi connectivity index (χ2n) is 9.14. The minimum absolute atomic E-state index is 0.0630. The smallest absolute Gasteiger partial charge is 0.257 e. The highest BCUT2D eigenvalue weighted by molar-refractivity contribution is 7.91. The Morgan fingerprint density at radius 3 is 1.81 bits per heavy atom. The van der Waals surface area contributed by atoms with Gasteiger partial charge in [0.15, 0.2) is 9.84 Å². The van der Waals surface area contributed by atoms with E-state index in [1.54, 1.807) is 12.1 Å². The second-order valence-corrected chi connectivity index (χ2v) is 12.4. The first-order valence-corrected chi connectivity index (χ1v) is 15.2. The Bertz CT molecular complexity index is 1120. The Balaban J connectivity index is 1.86. The topological polar surface area (TPSA) is 136 Å². The SMILES string of the molecule is CC(C)(c1ccc(OCC(O)CCl)cc1)c1ccc(OCC(O)CS(=O)(=O)CCCCO[SH](=O)=O)cc1. The van der Waals surface area contributed by atoms with E-state index in [0.29, 0.717) is 11.5 Å². The van der Waals surface area contributed by atoms with Gasteiger partial charge in [-0.3, -0.25) is 4.18 Å². The molecular formula is C25H35ClO9S2. The van der Waals surface area contributed by atoms with Crippen LogP contribution in [0.5, 0.6) is 11.5 Å². The van der Waals surface area contributed by atoms with Gasteiger partial charge in [0.05, 0.1) is 24.0 Å². The molecule has 2 unspecified atom stereocenters. The zero-order valence-corrected chi connectivity index (χ0v) is 23.4. The lowest BCUT2D eigenvalue weighted by atomic mass is 9.78. The molecule has 208 valence electrons. The fourth-order valence-electron chi connectivity index (χ4n) is 3.52. The van der Waals surface area contributed by atoms with E-state index in [2.05, 4.69) is 18.0 Å². The third kappa shape index (κ3) is 11.2. The first-order valence-electron chi connectivity index (χ1n) is 11.8. The highest BCUT2D eigenvalue weighted by atomic mass is 35.5. The summed E-state index contributed by atoms with van der Waals surface area (Å²) in [5.41, 5.74) is 1.76. The van der Waals surface area contributed by atoms with Gasteiger partial charge >= 0.3 is 0 Å². The summed E-state index contributed by atoms with van der Waals surface area (Å²) in [6.45, 7) is 4.04. The van der Waals surface area contributed by atoms with Gasteiger partial charge in [0.25, 0.3) is 11.0 Å². The van der Waals surface area contributed by atoms with Crippen LogP contribution < -0.4 is 9.47 Å². The Hall–Kier alpha value is -1.89. The summed E-state index contributed by atoms with van der Waals surface area (Å²) in [5, 5.41) is 19.6. The molecule has 9 nitrogen and oxygen atoms in total. The number of hydrogen-bond acceptors (Lipinski definition) is 9. The molecule has 2 aromatic carbocycles. The van der Waals surface area contributed by atoms with Crippen LogP contribution in [0.15, 0.2) is 48.5 Å². The quantitative estimate of drug-likeness (QED) is 0.147. The molecule has 0 radical (unpaired) electrons. The fraction of sp³-hybridized carbons (Fsp3) is 0.520. The van der Waals surface area contributed by atoms with Crippen LogP contribution in [-0.2, 0) is 30.4 Å². The van der Waals surface area contributed by atoms with E-state index in [1.165, 1.54) is 0 Å². The molecule has 2 N–H and O–H groups in total. The van der Waals surface area contributed by atoms with E-state index < -0.39 is 38.8 Å². The molecule has 0 saturated heterocycles. The first kappa shape index (κ1) is 31.3. The summed E-state index contributed by atoms with van der Waals surface area (Å²) in [6.07, 6.45) is -1.39. The second kappa shape index (κ2) is 14.9. The van der Waals surface area contributed by atoms with Crippen molar-refractivity contribution < 1.29 is 40.7 Å². The number of sulfone groups is 1. The van der Waals surface area contributed by atoms with Crippen molar-refractivity contribution in [2.24, 2.45) is 0 Å². The lowest BCUT2D eigenvalue weighted by Crippen LogP contribution is -2.28. The van der Waals surface area contributed by atoms with Gasteiger partial charge in [-0.15, -0.1) is 11.6 Å². The molecular weight excluding hydrogens is 544 g/mol. The number of aliphatic hydroxyl groups excluding tert-OH is 2. The molecule has 2 rings (SSSR count). The maximum absolute atomic E-state index is 12.1. The average molecular weight is 579 g/mol. The van der Waals surface area contributed by atoms with Crippen molar-refractivity contribution in [3.63, 3.8) is 0 Å². The maximum atomic E-state index is 12.1. The predicted molar refractivity (Wildman–Crippen MR) is 143 cm³/mol. The van der Waals surface area contributed by atoms with Crippen LogP contribution in [0.4, 0.5) is 0 Å². The molecule has 37 heavy (non-hydrogen) atoms. The molecule has 0 aromatic heterocycles. The van der Waals surface area contributed by atoms with Crippen molar-refractivity contribution in [2.45, 2.75) is 44.3 Å².